The third-order valence-corrected chi connectivity index (χ3v) is 5.31. The summed E-state index contributed by atoms with van der Waals surface area (Å²) in [6.07, 6.45) is 3.53. The normalized spacial score (nSPS) is 16.3. The molecule has 2 rings (SSSR count). The van der Waals surface area contributed by atoms with Crippen LogP contribution in [0.4, 0.5) is 0 Å². The minimum atomic E-state index is 0.517. The first-order valence-corrected chi connectivity index (χ1v) is 10.6. The third kappa shape index (κ3) is 6.59. The van der Waals surface area contributed by atoms with E-state index in [2.05, 4.69) is 42.4 Å². The fourth-order valence-corrected chi connectivity index (χ4v) is 3.71. The number of ether oxygens (including phenoxy) is 2. The monoisotopic (exact) mass is 390 g/mol. The van der Waals surface area contributed by atoms with Gasteiger partial charge < -0.3 is 20.1 Å². The third-order valence-electron chi connectivity index (χ3n) is 5.31. The molecule has 0 bridgehead atoms. The van der Waals surface area contributed by atoms with Crippen LogP contribution in [0.25, 0.3) is 0 Å². The number of likely N-dealkylation sites (tertiary alicyclic amines) is 1. The van der Waals surface area contributed by atoms with Gasteiger partial charge in [0.25, 0.3) is 0 Å². The van der Waals surface area contributed by atoms with Crippen LogP contribution in [-0.2, 0) is 6.42 Å². The molecule has 0 spiro atoms. The molecule has 1 aliphatic heterocycles. The lowest BCUT2D eigenvalue weighted by atomic mass is 10.0. The first-order chi connectivity index (χ1) is 13.6. The van der Waals surface area contributed by atoms with E-state index in [1.807, 2.05) is 12.1 Å². The molecule has 1 aromatic carbocycles. The van der Waals surface area contributed by atoms with E-state index in [-0.39, 0.29) is 0 Å². The van der Waals surface area contributed by atoms with Gasteiger partial charge in [-0.2, -0.15) is 0 Å². The largest absolute Gasteiger partial charge is 0.493 e. The van der Waals surface area contributed by atoms with Crippen LogP contribution in [0.5, 0.6) is 11.5 Å². The van der Waals surface area contributed by atoms with Gasteiger partial charge in [-0.3, -0.25) is 9.89 Å². The average Bonchev–Trinajstić information content (AvgIpc) is 3.22. The van der Waals surface area contributed by atoms with E-state index in [4.69, 9.17) is 14.5 Å². The van der Waals surface area contributed by atoms with Gasteiger partial charge in [-0.1, -0.05) is 19.9 Å². The van der Waals surface area contributed by atoms with Crippen LogP contribution in [0.1, 0.15) is 39.2 Å². The minimum Gasteiger partial charge on any atom is -0.493 e. The maximum absolute atomic E-state index is 5.39. The molecule has 0 aromatic heterocycles. The number of guanidine groups is 1. The summed E-state index contributed by atoms with van der Waals surface area (Å²) in [6.45, 7) is 11.6. The number of aliphatic imine (C=N–C) groups is 1. The summed E-state index contributed by atoms with van der Waals surface area (Å²) in [6, 6.07) is 6.59. The van der Waals surface area contributed by atoms with Gasteiger partial charge in [0.2, 0.25) is 0 Å². The summed E-state index contributed by atoms with van der Waals surface area (Å²) in [4.78, 5) is 7.48. The molecule has 158 valence electrons. The maximum atomic E-state index is 5.39. The van der Waals surface area contributed by atoms with Crippen LogP contribution in [-0.4, -0.2) is 63.8 Å². The van der Waals surface area contributed by atoms with Crippen LogP contribution in [0.3, 0.4) is 0 Å². The zero-order valence-electron chi connectivity index (χ0n) is 18.3. The number of nitrogens with one attached hydrogen (secondary N) is 2. The van der Waals surface area contributed by atoms with Crippen LogP contribution in [0.2, 0.25) is 0 Å². The van der Waals surface area contributed by atoms with E-state index in [0.29, 0.717) is 12.0 Å². The molecule has 6 heteroatoms. The average molecular weight is 391 g/mol. The van der Waals surface area contributed by atoms with Gasteiger partial charge in [-0.25, -0.2) is 0 Å². The highest BCUT2D eigenvalue weighted by Gasteiger charge is 2.24. The Kier molecular flexibility index (Phi) is 9.41. The number of nitrogens with zero attached hydrogens (tertiary/aromatic N) is 2. The molecule has 0 aliphatic carbocycles. The Balaban J connectivity index is 1.91. The number of methoxy groups -OCH3 is 2. The van der Waals surface area contributed by atoms with Gasteiger partial charge in [0.05, 0.1) is 20.8 Å². The zero-order valence-corrected chi connectivity index (χ0v) is 18.3. The lowest BCUT2D eigenvalue weighted by Gasteiger charge is -2.29. The summed E-state index contributed by atoms with van der Waals surface area (Å²) >= 11 is 0. The van der Waals surface area contributed by atoms with Gasteiger partial charge in [0.15, 0.2) is 17.5 Å². The van der Waals surface area contributed by atoms with E-state index in [0.717, 1.165) is 43.5 Å². The van der Waals surface area contributed by atoms with E-state index in [9.17, 15) is 0 Å². The van der Waals surface area contributed by atoms with Crippen molar-refractivity contribution in [2.75, 3.05) is 46.9 Å². The van der Waals surface area contributed by atoms with E-state index in [1.54, 1.807) is 14.2 Å². The van der Waals surface area contributed by atoms with E-state index in [1.165, 1.54) is 31.5 Å². The molecule has 1 saturated heterocycles. The second-order valence-corrected chi connectivity index (χ2v) is 7.64. The Bertz CT molecular complexity index is 613. The number of hydrogen-bond donors (Lipinski definition) is 2. The van der Waals surface area contributed by atoms with Crippen LogP contribution in [0.15, 0.2) is 23.2 Å². The van der Waals surface area contributed by atoms with Crippen molar-refractivity contribution in [1.29, 1.82) is 0 Å². The Morgan fingerprint density at radius 1 is 1.11 bits per heavy atom. The molecule has 28 heavy (non-hydrogen) atoms. The summed E-state index contributed by atoms with van der Waals surface area (Å²) in [7, 11) is 3.33. The Labute approximate surface area is 170 Å². The fraction of sp³-hybridized carbons (Fsp3) is 0.682. The Hall–Kier alpha value is -1.95. The van der Waals surface area contributed by atoms with Crippen molar-refractivity contribution in [2.45, 2.75) is 46.1 Å². The molecule has 1 aliphatic rings. The van der Waals surface area contributed by atoms with Crippen molar-refractivity contribution in [1.82, 2.24) is 15.5 Å². The summed E-state index contributed by atoms with van der Waals surface area (Å²) in [5.74, 6) is 3.03. The van der Waals surface area contributed by atoms with E-state index < -0.39 is 0 Å². The SMILES string of the molecule is CCNC(=NCC(C(C)C)N1CCCC1)NCCc1ccc(OC)c(OC)c1. The van der Waals surface area contributed by atoms with Crippen LogP contribution in [0, 0.1) is 5.92 Å². The topological polar surface area (TPSA) is 58.1 Å². The van der Waals surface area contributed by atoms with Crippen molar-refractivity contribution in [3.05, 3.63) is 23.8 Å². The van der Waals surface area contributed by atoms with Crippen molar-refractivity contribution < 1.29 is 9.47 Å². The molecule has 0 amide bonds. The minimum absolute atomic E-state index is 0.517. The number of rotatable bonds is 10. The smallest absolute Gasteiger partial charge is 0.191 e. The molecule has 1 fully saturated rings. The highest BCUT2D eigenvalue weighted by atomic mass is 16.5. The van der Waals surface area contributed by atoms with Crippen LogP contribution < -0.4 is 20.1 Å². The molecule has 1 heterocycles. The quantitative estimate of drug-likeness (QED) is 0.475. The summed E-state index contributed by atoms with van der Waals surface area (Å²) < 4.78 is 10.7. The standard InChI is InChI=1S/C22H38N4O2/c1-6-23-22(25-16-19(17(2)3)26-13-7-8-14-26)24-12-11-18-9-10-20(27-4)21(15-18)28-5/h9-10,15,17,19H,6-8,11-14,16H2,1-5H3,(H2,23,24,25). The highest BCUT2D eigenvalue weighted by molar-refractivity contribution is 5.79. The molecular weight excluding hydrogens is 352 g/mol. The lowest BCUT2D eigenvalue weighted by molar-refractivity contribution is 0.197. The second-order valence-electron chi connectivity index (χ2n) is 7.64. The lowest BCUT2D eigenvalue weighted by Crippen LogP contribution is -2.42. The molecule has 1 atom stereocenters. The van der Waals surface area contributed by atoms with Gasteiger partial charge in [0, 0.05) is 19.1 Å². The van der Waals surface area contributed by atoms with Crippen LogP contribution >= 0.6 is 0 Å². The predicted octanol–water partition coefficient (Wildman–Crippen LogP) is 2.92. The van der Waals surface area contributed by atoms with Gasteiger partial charge in [-0.05, 0) is 62.9 Å². The highest BCUT2D eigenvalue weighted by Crippen LogP contribution is 2.27. The first kappa shape index (κ1) is 22.3. The summed E-state index contributed by atoms with van der Waals surface area (Å²) in [5.41, 5.74) is 1.21. The van der Waals surface area contributed by atoms with Crippen molar-refractivity contribution in [2.24, 2.45) is 10.9 Å². The predicted molar refractivity (Wildman–Crippen MR) is 117 cm³/mol. The molecule has 6 nitrogen and oxygen atoms in total. The molecule has 0 saturated carbocycles. The van der Waals surface area contributed by atoms with Gasteiger partial charge in [-0.15, -0.1) is 0 Å². The van der Waals surface area contributed by atoms with Crippen molar-refractivity contribution >= 4 is 5.96 Å². The second kappa shape index (κ2) is 11.8. The zero-order chi connectivity index (χ0) is 20.4. The first-order valence-electron chi connectivity index (χ1n) is 10.6. The maximum Gasteiger partial charge on any atom is 0.191 e. The van der Waals surface area contributed by atoms with E-state index >= 15 is 0 Å². The molecule has 0 radical (unpaired) electrons. The molecule has 1 unspecified atom stereocenters. The van der Waals surface area contributed by atoms with Crippen molar-refractivity contribution in [3.63, 3.8) is 0 Å². The molecule has 1 aromatic rings. The summed E-state index contributed by atoms with van der Waals surface area (Å²) in [5, 5.41) is 6.84. The number of benzene rings is 1. The van der Waals surface area contributed by atoms with Gasteiger partial charge >= 0.3 is 0 Å². The Morgan fingerprint density at radius 3 is 2.43 bits per heavy atom. The van der Waals surface area contributed by atoms with Crippen molar-refractivity contribution in [3.8, 4) is 11.5 Å². The Morgan fingerprint density at radius 2 is 1.82 bits per heavy atom. The fourth-order valence-electron chi connectivity index (χ4n) is 3.71. The number of hydrogen-bond acceptors (Lipinski definition) is 4. The van der Waals surface area contributed by atoms with Gasteiger partial charge in [0.1, 0.15) is 0 Å². The molecular formula is C22H38N4O2. The molecule has 2 N–H and O–H groups in total.